The number of imidazole rings is 1. The van der Waals surface area contributed by atoms with Gasteiger partial charge in [-0.1, -0.05) is 0 Å². The van der Waals surface area contributed by atoms with E-state index in [4.69, 9.17) is 4.74 Å². The average molecular weight is 285 g/mol. The summed E-state index contributed by atoms with van der Waals surface area (Å²) in [6, 6.07) is 7.77. The zero-order chi connectivity index (χ0) is 15.0. The van der Waals surface area contributed by atoms with E-state index in [-0.39, 0.29) is 5.91 Å². The van der Waals surface area contributed by atoms with Crippen molar-refractivity contribution in [3.63, 3.8) is 0 Å². The number of hydrogen-bond acceptors (Lipinski definition) is 3. The van der Waals surface area contributed by atoms with Crippen molar-refractivity contribution >= 4 is 11.6 Å². The van der Waals surface area contributed by atoms with Crippen molar-refractivity contribution in [1.82, 2.24) is 9.55 Å². The van der Waals surface area contributed by atoms with Crippen molar-refractivity contribution in [3.8, 4) is 5.69 Å². The normalized spacial score (nSPS) is 16.3. The Morgan fingerprint density at radius 3 is 2.43 bits per heavy atom. The predicted molar refractivity (Wildman–Crippen MR) is 80.6 cm³/mol. The second kappa shape index (κ2) is 5.00. The van der Waals surface area contributed by atoms with Crippen molar-refractivity contribution in [3.05, 3.63) is 42.0 Å². The molecule has 1 amide bonds. The monoisotopic (exact) mass is 285 g/mol. The molecular weight excluding hydrogens is 266 g/mol. The molecule has 0 spiro atoms. The molecule has 2 heterocycles. The average Bonchev–Trinajstić information content (AvgIpc) is 2.77. The summed E-state index contributed by atoms with van der Waals surface area (Å²) in [6.45, 7) is 6.92. The third-order valence-electron chi connectivity index (χ3n) is 4.04. The highest BCUT2D eigenvalue weighted by Crippen LogP contribution is 2.28. The van der Waals surface area contributed by atoms with Gasteiger partial charge in [0, 0.05) is 17.1 Å². The van der Waals surface area contributed by atoms with E-state index in [1.54, 1.807) is 0 Å². The van der Waals surface area contributed by atoms with E-state index in [0.29, 0.717) is 13.2 Å². The first-order valence-corrected chi connectivity index (χ1v) is 7.00. The molecule has 0 unspecified atom stereocenters. The maximum atomic E-state index is 12.1. The van der Waals surface area contributed by atoms with Crippen LogP contribution in [0.25, 0.3) is 5.69 Å². The number of hydrogen-bond donors (Lipinski definition) is 1. The first-order valence-electron chi connectivity index (χ1n) is 7.00. The van der Waals surface area contributed by atoms with Crippen molar-refractivity contribution in [1.29, 1.82) is 0 Å². The van der Waals surface area contributed by atoms with E-state index in [1.165, 1.54) is 0 Å². The largest absolute Gasteiger partial charge is 0.379 e. The third-order valence-corrected chi connectivity index (χ3v) is 4.04. The van der Waals surface area contributed by atoms with Gasteiger partial charge in [-0.15, -0.1) is 0 Å². The topological polar surface area (TPSA) is 56.2 Å². The van der Waals surface area contributed by atoms with Crippen LogP contribution in [0.5, 0.6) is 0 Å². The first-order chi connectivity index (χ1) is 9.99. The lowest BCUT2D eigenvalue weighted by Crippen LogP contribution is -2.49. The first kappa shape index (κ1) is 13.8. The van der Waals surface area contributed by atoms with Crippen LogP contribution in [0, 0.1) is 19.3 Å². The molecule has 0 saturated carbocycles. The van der Waals surface area contributed by atoms with Gasteiger partial charge in [0.05, 0.1) is 30.7 Å². The van der Waals surface area contributed by atoms with Gasteiger partial charge < -0.3 is 14.6 Å². The number of ether oxygens (including phenoxy) is 1. The van der Waals surface area contributed by atoms with E-state index in [0.717, 1.165) is 22.8 Å². The summed E-state index contributed by atoms with van der Waals surface area (Å²) in [4.78, 5) is 16.4. The van der Waals surface area contributed by atoms with Gasteiger partial charge >= 0.3 is 0 Å². The summed E-state index contributed by atoms with van der Waals surface area (Å²) in [5.74, 6) is 0.0103. The van der Waals surface area contributed by atoms with Gasteiger partial charge in [0.2, 0.25) is 5.91 Å². The van der Waals surface area contributed by atoms with Crippen LogP contribution in [0.4, 0.5) is 5.69 Å². The van der Waals surface area contributed by atoms with Gasteiger partial charge in [0.25, 0.3) is 0 Å². The number of anilines is 1. The maximum absolute atomic E-state index is 12.1. The summed E-state index contributed by atoms with van der Waals surface area (Å²) in [6.07, 6.45) is 1.81. The molecule has 1 aliphatic heterocycles. The number of aromatic nitrogens is 2. The van der Waals surface area contributed by atoms with Crippen LogP contribution in [0.2, 0.25) is 0 Å². The Bertz CT molecular complexity index is 669. The van der Waals surface area contributed by atoms with Crippen LogP contribution >= 0.6 is 0 Å². The van der Waals surface area contributed by atoms with E-state index in [2.05, 4.69) is 10.3 Å². The van der Waals surface area contributed by atoms with Gasteiger partial charge in [0.1, 0.15) is 0 Å². The Kier molecular flexibility index (Phi) is 3.29. The number of rotatable bonds is 3. The summed E-state index contributed by atoms with van der Waals surface area (Å²) in [7, 11) is 0. The summed E-state index contributed by atoms with van der Waals surface area (Å²) in [5.41, 5.74) is 3.57. The molecule has 2 aromatic rings. The molecule has 1 saturated heterocycles. The van der Waals surface area contributed by atoms with Crippen LogP contribution in [0.1, 0.15) is 18.3 Å². The van der Waals surface area contributed by atoms with E-state index in [1.807, 2.05) is 55.9 Å². The lowest BCUT2D eigenvalue weighted by atomic mass is 9.87. The lowest BCUT2D eigenvalue weighted by molar-refractivity contribution is -0.151. The third kappa shape index (κ3) is 2.45. The van der Waals surface area contributed by atoms with Crippen molar-refractivity contribution in [2.75, 3.05) is 18.5 Å². The molecular formula is C16H19N3O2. The quantitative estimate of drug-likeness (QED) is 0.942. The van der Waals surface area contributed by atoms with Gasteiger partial charge in [0.15, 0.2) is 0 Å². The highest BCUT2D eigenvalue weighted by molar-refractivity contribution is 5.95. The second-order valence-electron chi connectivity index (χ2n) is 5.84. The van der Waals surface area contributed by atoms with E-state index >= 15 is 0 Å². The minimum absolute atomic E-state index is 0.0103. The number of aryl methyl sites for hydroxylation is 1. The van der Waals surface area contributed by atoms with E-state index < -0.39 is 5.41 Å². The van der Waals surface area contributed by atoms with Crippen LogP contribution in [-0.4, -0.2) is 28.7 Å². The summed E-state index contributed by atoms with van der Waals surface area (Å²) < 4.78 is 7.15. The lowest BCUT2D eigenvalue weighted by Gasteiger charge is -2.36. The molecule has 1 aliphatic rings. The number of amides is 1. The summed E-state index contributed by atoms with van der Waals surface area (Å²) >= 11 is 0. The molecule has 110 valence electrons. The number of benzene rings is 1. The fourth-order valence-corrected chi connectivity index (χ4v) is 2.29. The predicted octanol–water partition coefficient (Wildman–Crippen LogP) is 2.46. The molecule has 1 N–H and O–H groups in total. The Labute approximate surface area is 124 Å². The molecule has 5 nitrogen and oxygen atoms in total. The molecule has 0 bridgehead atoms. The molecule has 1 aromatic carbocycles. The van der Waals surface area contributed by atoms with Crippen LogP contribution in [0.3, 0.4) is 0 Å². The summed E-state index contributed by atoms with van der Waals surface area (Å²) in [5, 5.41) is 2.94. The van der Waals surface area contributed by atoms with Gasteiger partial charge in [-0.3, -0.25) is 4.79 Å². The number of carbonyl (C=O) groups excluding carboxylic acids is 1. The van der Waals surface area contributed by atoms with Gasteiger partial charge in [-0.2, -0.15) is 0 Å². The Morgan fingerprint density at radius 1 is 1.29 bits per heavy atom. The molecule has 0 atom stereocenters. The molecule has 0 radical (unpaired) electrons. The SMILES string of the molecule is Cc1ncn(-c2ccc(NC(=O)C3(C)COC3)cc2)c1C. The minimum atomic E-state index is -0.392. The van der Waals surface area contributed by atoms with Crippen molar-refractivity contribution < 1.29 is 9.53 Å². The Balaban J connectivity index is 1.75. The molecule has 21 heavy (non-hydrogen) atoms. The number of nitrogens with one attached hydrogen (secondary N) is 1. The zero-order valence-corrected chi connectivity index (χ0v) is 12.5. The fraction of sp³-hybridized carbons (Fsp3) is 0.375. The van der Waals surface area contributed by atoms with Crippen molar-refractivity contribution in [2.45, 2.75) is 20.8 Å². The fourth-order valence-electron chi connectivity index (χ4n) is 2.29. The number of nitrogens with zero attached hydrogens (tertiary/aromatic N) is 2. The van der Waals surface area contributed by atoms with Gasteiger partial charge in [-0.25, -0.2) is 4.98 Å². The van der Waals surface area contributed by atoms with E-state index in [9.17, 15) is 4.79 Å². The molecule has 1 fully saturated rings. The Morgan fingerprint density at radius 2 is 1.95 bits per heavy atom. The molecule has 0 aliphatic carbocycles. The second-order valence-corrected chi connectivity index (χ2v) is 5.84. The van der Waals surface area contributed by atoms with Gasteiger partial charge in [-0.05, 0) is 45.0 Å². The number of carbonyl (C=O) groups is 1. The zero-order valence-electron chi connectivity index (χ0n) is 12.5. The minimum Gasteiger partial charge on any atom is -0.379 e. The maximum Gasteiger partial charge on any atom is 0.234 e. The highest BCUT2D eigenvalue weighted by atomic mass is 16.5. The van der Waals surface area contributed by atoms with Crippen LogP contribution < -0.4 is 5.32 Å². The van der Waals surface area contributed by atoms with Crippen LogP contribution in [-0.2, 0) is 9.53 Å². The Hall–Kier alpha value is -2.14. The smallest absolute Gasteiger partial charge is 0.234 e. The van der Waals surface area contributed by atoms with Crippen molar-refractivity contribution in [2.24, 2.45) is 5.41 Å². The molecule has 1 aromatic heterocycles. The highest BCUT2D eigenvalue weighted by Gasteiger charge is 2.41. The van der Waals surface area contributed by atoms with Crippen LogP contribution in [0.15, 0.2) is 30.6 Å². The molecule has 3 rings (SSSR count). The standard InChI is InChI=1S/C16H19N3O2/c1-11-12(2)19(10-17-11)14-6-4-13(5-7-14)18-15(20)16(3)8-21-9-16/h4-7,10H,8-9H2,1-3H3,(H,18,20). The molecule has 5 heteroatoms.